The molecule has 0 heterocycles. The smallest absolute Gasteiger partial charge is 0.227 e. The van der Waals surface area contributed by atoms with E-state index in [4.69, 9.17) is 0 Å². The predicted molar refractivity (Wildman–Crippen MR) is 110 cm³/mol. The molecule has 1 saturated carbocycles. The zero-order valence-electron chi connectivity index (χ0n) is 16.3. The lowest BCUT2D eigenvalue weighted by atomic mass is 9.86. The Morgan fingerprint density at radius 3 is 2.19 bits per heavy atom. The lowest BCUT2D eigenvalue weighted by Crippen LogP contribution is -2.15. The van der Waals surface area contributed by atoms with Crippen LogP contribution in [-0.2, 0) is 21.4 Å². The first kappa shape index (κ1) is 19.2. The number of carbonyl (C=O) groups excluding carboxylic acids is 2. The van der Waals surface area contributed by atoms with Crippen LogP contribution in [0.5, 0.6) is 0 Å². The van der Waals surface area contributed by atoms with Gasteiger partial charge in [-0.3, -0.25) is 9.59 Å². The Labute approximate surface area is 161 Å². The van der Waals surface area contributed by atoms with E-state index in [0.717, 1.165) is 24.1 Å². The van der Waals surface area contributed by atoms with Crippen molar-refractivity contribution in [2.24, 2.45) is 5.92 Å². The third-order valence-electron chi connectivity index (χ3n) is 4.82. The summed E-state index contributed by atoms with van der Waals surface area (Å²) < 4.78 is 0. The topological polar surface area (TPSA) is 58.2 Å². The van der Waals surface area contributed by atoms with Crippen molar-refractivity contribution in [2.45, 2.75) is 51.9 Å². The summed E-state index contributed by atoms with van der Waals surface area (Å²) in [6.07, 6.45) is 3.07. The zero-order chi connectivity index (χ0) is 19.4. The summed E-state index contributed by atoms with van der Waals surface area (Å²) in [7, 11) is 0. The number of amides is 2. The number of hydrogen-bond acceptors (Lipinski definition) is 2. The summed E-state index contributed by atoms with van der Waals surface area (Å²) in [5, 5.41) is 5.82. The van der Waals surface area contributed by atoms with Crippen LogP contribution >= 0.6 is 0 Å². The fourth-order valence-electron chi connectivity index (χ4n) is 2.92. The average molecular weight is 364 g/mol. The highest BCUT2D eigenvalue weighted by atomic mass is 16.2. The Morgan fingerprint density at radius 1 is 0.963 bits per heavy atom. The van der Waals surface area contributed by atoms with Gasteiger partial charge < -0.3 is 10.6 Å². The molecule has 2 amide bonds. The van der Waals surface area contributed by atoms with Gasteiger partial charge >= 0.3 is 0 Å². The van der Waals surface area contributed by atoms with Gasteiger partial charge in [0.05, 0.1) is 0 Å². The Hall–Kier alpha value is -2.62. The average Bonchev–Trinajstić information content (AvgIpc) is 3.45. The van der Waals surface area contributed by atoms with Crippen molar-refractivity contribution < 1.29 is 9.59 Å². The SMILES string of the molecule is CC(C)(C)c1ccc(CCC(=O)Nc2cccc(NC(=O)C3CC3)c2)cc1. The van der Waals surface area contributed by atoms with Crippen LogP contribution in [0.4, 0.5) is 11.4 Å². The maximum absolute atomic E-state index is 12.3. The van der Waals surface area contributed by atoms with Gasteiger partial charge in [0.1, 0.15) is 0 Å². The monoisotopic (exact) mass is 364 g/mol. The van der Waals surface area contributed by atoms with E-state index in [1.165, 1.54) is 5.56 Å². The minimum absolute atomic E-state index is 0.0273. The molecule has 0 bridgehead atoms. The van der Waals surface area contributed by atoms with Gasteiger partial charge in [0.2, 0.25) is 11.8 Å². The lowest BCUT2D eigenvalue weighted by Gasteiger charge is -2.19. The first-order chi connectivity index (χ1) is 12.8. The fourth-order valence-corrected chi connectivity index (χ4v) is 2.92. The van der Waals surface area contributed by atoms with Gasteiger partial charge in [-0.1, -0.05) is 51.1 Å². The first-order valence-corrected chi connectivity index (χ1v) is 9.61. The highest BCUT2D eigenvalue weighted by molar-refractivity contribution is 5.96. The molecule has 0 aromatic heterocycles. The summed E-state index contributed by atoms with van der Waals surface area (Å²) in [6.45, 7) is 6.57. The Bertz CT molecular complexity index is 815. The molecule has 0 unspecified atom stereocenters. The zero-order valence-corrected chi connectivity index (χ0v) is 16.3. The van der Waals surface area contributed by atoms with Crippen LogP contribution in [-0.4, -0.2) is 11.8 Å². The molecule has 27 heavy (non-hydrogen) atoms. The molecule has 0 spiro atoms. The van der Waals surface area contributed by atoms with Gasteiger partial charge in [0.25, 0.3) is 0 Å². The van der Waals surface area contributed by atoms with Gasteiger partial charge in [-0.05, 0) is 54.0 Å². The maximum Gasteiger partial charge on any atom is 0.227 e. The van der Waals surface area contributed by atoms with Crippen LogP contribution in [0, 0.1) is 5.92 Å². The van der Waals surface area contributed by atoms with Crippen molar-refractivity contribution in [3.8, 4) is 0 Å². The first-order valence-electron chi connectivity index (χ1n) is 9.61. The van der Waals surface area contributed by atoms with Crippen molar-refractivity contribution in [1.82, 2.24) is 0 Å². The van der Waals surface area contributed by atoms with E-state index in [2.05, 4.69) is 55.7 Å². The number of carbonyl (C=O) groups is 2. The Kier molecular flexibility index (Phi) is 5.64. The van der Waals surface area contributed by atoms with Gasteiger partial charge in [-0.25, -0.2) is 0 Å². The molecule has 142 valence electrons. The normalized spacial score (nSPS) is 13.9. The van der Waals surface area contributed by atoms with E-state index in [1.807, 2.05) is 18.2 Å². The largest absolute Gasteiger partial charge is 0.326 e. The summed E-state index contributed by atoms with van der Waals surface area (Å²) in [6, 6.07) is 15.8. The molecule has 2 N–H and O–H groups in total. The van der Waals surface area contributed by atoms with Crippen molar-refractivity contribution in [3.63, 3.8) is 0 Å². The fraction of sp³-hybridized carbons (Fsp3) is 0.391. The molecule has 0 saturated heterocycles. The van der Waals surface area contributed by atoms with Crippen LogP contribution in [0.3, 0.4) is 0 Å². The van der Waals surface area contributed by atoms with E-state index in [1.54, 1.807) is 6.07 Å². The molecular weight excluding hydrogens is 336 g/mol. The summed E-state index contributed by atoms with van der Waals surface area (Å²) in [4.78, 5) is 24.1. The number of anilines is 2. The van der Waals surface area contributed by atoms with Crippen LogP contribution in [0.15, 0.2) is 48.5 Å². The van der Waals surface area contributed by atoms with Crippen molar-refractivity contribution in [1.29, 1.82) is 0 Å². The van der Waals surface area contributed by atoms with Gasteiger partial charge in [0.15, 0.2) is 0 Å². The van der Waals surface area contributed by atoms with Crippen molar-refractivity contribution >= 4 is 23.2 Å². The number of rotatable bonds is 6. The molecule has 1 aliphatic rings. The van der Waals surface area contributed by atoms with E-state index < -0.39 is 0 Å². The highest BCUT2D eigenvalue weighted by Gasteiger charge is 2.29. The molecule has 4 nitrogen and oxygen atoms in total. The Morgan fingerprint density at radius 2 is 1.59 bits per heavy atom. The summed E-state index contributed by atoms with van der Waals surface area (Å²) >= 11 is 0. The van der Waals surface area contributed by atoms with Crippen LogP contribution < -0.4 is 10.6 Å². The third-order valence-corrected chi connectivity index (χ3v) is 4.82. The maximum atomic E-state index is 12.3. The van der Waals surface area contributed by atoms with E-state index in [-0.39, 0.29) is 23.1 Å². The molecule has 4 heteroatoms. The standard InChI is InChI=1S/C23H28N2O2/c1-23(2,3)18-12-7-16(8-13-18)9-14-21(26)24-19-5-4-6-20(15-19)25-22(27)17-10-11-17/h4-8,12-13,15,17H,9-11,14H2,1-3H3,(H,24,26)(H,25,27). The van der Waals surface area contributed by atoms with E-state index >= 15 is 0 Å². The second-order valence-electron chi connectivity index (χ2n) is 8.34. The summed E-state index contributed by atoms with van der Waals surface area (Å²) in [5.41, 5.74) is 4.01. The minimum atomic E-state index is -0.0273. The van der Waals surface area contributed by atoms with Gasteiger partial charge in [-0.15, -0.1) is 0 Å². The quantitative estimate of drug-likeness (QED) is 0.765. The van der Waals surface area contributed by atoms with Crippen LogP contribution in [0.2, 0.25) is 0 Å². The molecule has 0 atom stereocenters. The second-order valence-corrected chi connectivity index (χ2v) is 8.34. The molecule has 0 aliphatic heterocycles. The van der Waals surface area contributed by atoms with E-state index in [0.29, 0.717) is 18.5 Å². The van der Waals surface area contributed by atoms with Crippen LogP contribution in [0.25, 0.3) is 0 Å². The van der Waals surface area contributed by atoms with Crippen molar-refractivity contribution in [3.05, 3.63) is 59.7 Å². The number of nitrogens with one attached hydrogen (secondary N) is 2. The lowest BCUT2D eigenvalue weighted by molar-refractivity contribution is -0.117. The number of hydrogen-bond donors (Lipinski definition) is 2. The third kappa shape index (κ3) is 5.68. The molecule has 2 aromatic carbocycles. The molecule has 1 fully saturated rings. The number of benzene rings is 2. The van der Waals surface area contributed by atoms with Gasteiger partial charge in [-0.2, -0.15) is 0 Å². The molecular formula is C23H28N2O2. The Balaban J connectivity index is 1.51. The van der Waals surface area contributed by atoms with E-state index in [9.17, 15) is 9.59 Å². The molecule has 2 aromatic rings. The highest BCUT2D eigenvalue weighted by Crippen LogP contribution is 2.30. The second kappa shape index (κ2) is 7.95. The predicted octanol–water partition coefficient (Wildman–Crippen LogP) is 4.90. The van der Waals surface area contributed by atoms with Crippen molar-refractivity contribution in [2.75, 3.05) is 10.6 Å². The number of aryl methyl sites for hydroxylation is 1. The van der Waals surface area contributed by atoms with Gasteiger partial charge in [0, 0.05) is 23.7 Å². The van der Waals surface area contributed by atoms with Crippen LogP contribution in [0.1, 0.15) is 51.2 Å². The molecule has 0 radical (unpaired) electrons. The minimum Gasteiger partial charge on any atom is -0.326 e. The molecule has 1 aliphatic carbocycles. The summed E-state index contributed by atoms with van der Waals surface area (Å²) in [5.74, 6) is 0.200. The molecule has 3 rings (SSSR count).